The van der Waals surface area contributed by atoms with Crippen molar-refractivity contribution in [2.75, 3.05) is 0 Å². The van der Waals surface area contributed by atoms with Crippen molar-refractivity contribution >= 4 is 71.7 Å². The summed E-state index contributed by atoms with van der Waals surface area (Å²) in [5.74, 6) is -15.4. The Morgan fingerprint density at radius 1 is 0.667 bits per heavy atom. The van der Waals surface area contributed by atoms with Gasteiger partial charge in [-0.1, -0.05) is 3.89 Å². The summed E-state index contributed by atoms with van der Waals surface area (Å²) in [5.41, 5.74) is 0. The van der Waals surface area contributed by atoms with Gasteiger partial charge in [-0.15, -0.1) is 0 Å². The first-order chi connectivity index (χ1) is 8.25. The van der Waals surface area contributed by atoms with Crippen molar-refractivity contribution in [2.24, 2.45) is 0 Å². The molecule has 0 unspecified atom stereocenters. The Balaban J connectivity index is 0. The summed E-state index contributed by atoms with van der Waals surface area (Å²) in [4.78, 5) is 0. The first-order valence-corrected chi connectivity index (χ1v) is 6.50. The van der Waals surface area contributed by atoms with E-state index in [0.29, 0.717) is 0 Å². The third kappa shape index (κ3) is 3.53. The molecule has 0 saturated carbocycles. The van der Waals surface area contributed by atoms with Gasteiger partial charge >= 0.3 is 94.1 Å². The van der Waals surface area contributed by atoms with E-state index in [2.05, 4.69) is 0 Å². The molecule has 124 valence electrons. The molecule has 21 heavy (non-hydrogen) atoms. The average molecular weight is 404 g/mol. The molecule has 0 bridgehead atoms. The van der Waals surface area contributed by atoms with Gasteiger partial charge in [0.2, 0.25) is 0 Å². The van der Waals surface area contributed by atoms with Crippen LogP contribution < -0.4 is 0 Å². The predicted molar refractivity (Wildman–Crippen MR) is 48.5 cm³/mol. The average Bonchev–Trinajstić information content (AvgIpc) is 2.12. The van der Waals surface area contributed by atoms with E-state index in [0.717, 1.165) is 0 Å². The van der Waals surface area contributed by atoms with Gasteiger partial charge in [0.1, 0.15) is 0 Å². The second-order valence-corrected chi connectivity index (χ2v) is 5.95. The van der Waals surface area contributed by atoms with E-state index < -0.39 is 42.7 Å². The Kier molecular flexibility index (Phi) is 6.96. The van der Waals surface area contributed by atoms with Crippen LogP contribution in [0.3, 0.4) is 0 Å². The van der Waals surface area contributed by atoms with Crippen LogP contribution in [-0.4, -0.2) is 95.1 Å². The molecule has 0 aliphatic carbocycles. The first-order valence-electron chi connectivity index (χ1n) is 3.67. The van der Waals surface area contributed by atoms with E-state index in [1.54, 1.807) is 0 Å². The minimum absolute atomic E-state index is 0. The topological polar surface area (TPSA) is 88.5 Å². The number of halogens is 9. The van der Waals surface area contributed by atoms with Crippen LogP contribution in [0, 0.1) is 0 Å². The molecule has 5 nitrogen and oxygen atoms in total. The van der Waals surface area contributed by atoms with Crippen LogP contribution in [0.15, 0.2) is 0 Å². The van der Waals surface area contributed by atoms with Crippen LogP contribution in [-0.2, 0) is 20.3 Å². The second kappa shape index (κ2) is 6.06. The summed E-state index contributed by atoms with van der Waals surface area (Å²) in [6.45, 7) is 0. The molecule has 0 rings (SSSR count). The molecule has 17 heteroatoms. The van der Waals surface area contributed by atoms with E-state index >= 15 is 0 Å². The maximum atomic E-state index is 12.6. The molecule has 0 aliphatic heterocycles. The van der Waals surface area contributed by atoms with Crippen molar-refractivity contribution in [3.05, 3.63) is 0 Å². The van der Waals surface area contributed by atoms with Gasteiger partial charge in [-0.3, -0.25) is 4.55 Å². The zero-order chi connectivity index (χ0) is 17.0. The van der Waals surface area contributed by atoms with E-state index in [9.17, 15) is 55.8 Å². The van der Waals surface area contributed by atoms with Gasteiger partial charge < -0.3 is 0 Å². The zero-order valence-electron chi connectivity index (χ0n) is 8.30. The molecule has 0 aromatic heterocycles. The Bertz CT molecular complexity index is 542. The molecule has 0 amide bonds. The van der Waals surface area contributed by atoms with Crippen LogP contribution in [0.4, 0.5) is 39.0 Å². The summed E-state index contributed by atoms with van der Waals surface area (Å²) in [6.07, 6.45) is 0. The summed E-state index contributed by atoms with van der Waals surface area (Å²) in [6, 6.07) is 0. The number of alkyl halides is 8. The standard InChI is InChI=1S/C4HF9O5S2.K.H/c5-1(6,3(9,10)19(13,14)15)2(7,8)4(11,12)20(16,17)18;;/h(H,16,17,18);;. The van der Waals surface area contributed by atoms with Crippen LogP contribution in [0.2, 0.25) is 0 Å². The molecule has 0 aromatic carbocycles. The van der Waals surface area contributed by atoms with Gasteiger partial charge in [0, 0.05) is 0 Å². The van der Waals surface area contributed by atoms with Crippen LogP contribution in [0.5, 0.6) is 0 Å². The quantitative estimate of drug-likeness (QED) is 0.320. The van der Waals surface area contributed by atoms with E-state index in [1.807, 2.05) is 0 Å². The molecule has 0 radical (unpaired) electrons. The molecule has 0 atom stereocenters. The van der Waals surface area contributed by atoms with Gasteiger partial charge in [0.15, 0.2) is 0 Å². The van der Waals surface area contributed by atoms with Crippen LogP contribution >= 0.6 is 0 Å². The Morgan fingerprint density at radius 2 is 0.905 bits per heavy atom. The van der Waals surface area contributed by atoms with Crippen molar-refractivity contribution in [3.8, 4) is 0 Å². The fraction of sp³-hybridized carbons (Fsp3) is 1.00. The molecule has 1 N–H and O–H groups in total. The molecular formula is C4H2F9KO5S2. The van der Waals surface area contributed by atoms with Crippen molar-refractivity contribution in [3.63, 3.8) is 0 Å². The third-order valence-corrected chi connectivity index (χ3v) is 3.53. The van der Waals surface area contributed by atoms with E-state index in [4.69, 9.17) is 4.55 Å². The molecule has 0 saturated heterocycles. The van der Waals surface area contributed by atoms with Gasteiger partial charge in [0.25, 0.3) is 0 Å². The van der Waals surface area contributed by atoms with Crippen molar-refractivity contribution in [1.29, 1.82) is 0 Å². The molecule has 0 aliphatic rings. The van der Waals surface area contributed by atoms with Crippen molar-refractivity contribution in [1.82, 2.24) is 0 Å². The SMILES string of the molecule is O=S(=O)(O)C(F)(F)C(F)(F)C(F)(F)C(F)(F)S(=O)(=O)F.[KH]. The first kappa shape index (κ1) is 24.1. The zero-order valence-corrected chi connectivity index (χ0v) is 9.93. The van der Waals surface area contributed by atoms with Crippen LogP contribution in [0.25, 0.3) is 0 Å². The number of rotatable bonds is 5. The second-order valence-electron chi connectivity index (χ2n) is 3.10. The Labute approximate surface area is 153 Å². The Hall–Kier alpha value is 0.866. The summed E-state index contributed by atoms with van der Waals surface area (Å²) < 4.78 is 158. The Morgan fingerprint density at radius 3 is 1.10 bits per heavy atom. The molecule has 0 spiro atoms. The number of hydrogen-bond acceptors (Lipinski definition) is 4. The summed E-state index contributed by atoms with van der Waals surface area (Å²) >= 11 is 0. The van der Waals surface area contributed by atoms with Gasteiger partial charge in [-0.05, 0) is 0 Å². The fourth-order valence-corrected chi connectivity index (χ4v) is 1.57. The fourth-order valence-electron chi connectivity index (χ4n) is 0.681. The van der Waals surface area contributed by atoms with Crippen LogP contribution in [0.1, 0.15) is 0 Å². The van der Waals surface area contributed by atoms with Gasteiger partial charge in [-0.25, -0.2) is 0 Å². The van der Waals surface area contributed by atoms with E-state index in [1.165, 1.54) is 0 Å². The predicted octanol–water partition coefficient (Wildman–Crippen LogP) is 0.981. The summed E-state index contributed by atoms with van der Waals surface area (Å²) in [7, 11) is -15.2. The number of hydrogen-bond donors (Lipinski definition) is 1. The van der Waals surface area contributed by atoms with Gasteiger partial charge in [-0.2, -0.15) is 52.0 Å². The monoisotopic (exact) mass is 404 g/mol. The molecule has 0 fully saturated rings. The maximum absolute atomic E-state index is 12.6. The molecule has 0 aromatic rings. The minimum atomic E-state index is -7.82. The molecule has 0 heterocycles. The van der Waals surface area contributed by atoms with Crippen molar-refractivity contribution < 1.29 is 60.4 Å². The normalized spacial score (nSPS) is 15.5. The van der Waals surface area contributed by atoms with E-state index in [-0.39, 0.29) is 51.4 Å². The van der Waals surface area contributed by atoms with Gasteiger partial charge in [0.05, 0.1) is 0 Å². The molecular weight excluding hydrogens is 402 g/mol. The van der Waals surface area contributed by atoms with Crippen molar-refractivity contribution in [2.45, 2.75) is 22.4 Å². The third-order valence-electron chi connectivity index (χ3n) is 1.76. The summed E-state index contributed by atoms with van der Waals surface area (Å²) in [5, 5.41) is -14.6.